The summed E-state index contributed by atoms with van der Waals surface area (Å²) in [6.07, 6.45) is 4.36. The van der Waals surface area contributed by atoms with E-state index < -0.39 is 0 Å². The molecular weight excluding hydrogens is 297 g/mol. The van der Waals surface area contributed by atoms with E-state index in [-0.39, 0.29) is 11.9 Å². The third-order valence-corrected chi connectivity index (χ3v) is 4.46. The molecule has 3 nitrogen and oxygen atoms in total. The number of carbonyl (C=O) groups is 1. The van der Waals surface area contributed by atoms with Crippen LogP contribution in [0.4, 0.5) is 0 Å². The summed E-state index contributed by atoms with van der Waals surface area (Å²) in [4.78, 5) is 12.4. The first-order valence-electron chi connectivity index (χ1n) is 6.86. The van der Waals surface area contributed by atoms with Crippen molar-refractivity contribution in [2.45, 2.75) is 31.7 Å². The molecule has 20 heavy (non-hydrogen) atoms. The number of carbonyl (C=O) groups excluding carboxylic acids is 1. The van der Waals surface area contributed by atoms with Crippen molar-refractivity contribution in [1.29, 1.82) is 0 Å². The SMILES string of the molecule is COc1ccc(Cl)cc1C(=O)NC1CCCCC1CCl. The lowest BCUT2D eigenvalue weighted by molar-refractivity contribution is 0.0908. The molecule has 0 radical (unpaired) electrons. The van der Waals surface area contributed by atoms with E-state index in [1.165, 1.54) is 6.42 Å². The highest BCUT2D eigenvalue weighted by atomic mass is 35.5. The minimum absolute atomic E-state index is 0.137. The summed E-state index contributed by atoms with van der Waals surface area (Å²) in [5, 5.41) is 3.60. The van der Waals surface area contributed by atoms with Crippen LogP contribution < -0.4 is 10.1 Å². The number of ether oxygens (including phenoxy) is 1. The van der Waals surface area contributed by atoms with E-state index in [4.69, 9.17) is 27.9 Å². The Morgan fingerprint density at radius 1 is 1.40 bits per heavy atom. The van der Waals surface area contributed by atoms with Crippen molar-refractivity contribution in [2.75, 3.05) is 13.0 Å². The zero-order chi connectivity index (χ0) is 14.5. The maximum Gasteiger partial charge on any atom is 0.255 e. The summed E-state index contributed by atoms with van der Waals surface area (Å²) < 4.78 is 5.22. The van der Waals surface area contributed by atoms with Gasteiger partial charge in [0.05, 0.1) is 12.7 Å². The summed E-state index contributed by atoms with van der Waals surface area (Å²) in [5.74, 6) is 1.31. The molecule has 2 atom stereocenters. The van der Waals surface area contributed by atoms with E-state index in [2.05, 4.69) is 5.32 Å². The summed E-state index contributed by atoms with van der Waals surface area (Å²) in [6, 6.07) is 5.18. The van der Waals surface area contributed by atoms with Gasteiger partial charge in [-0.2, -0.15) is 0 Å². The summed E-state index contributed by atoms with van der Waals surface area (Å²) >= 11 is 12.0. The smallest absolute Gasteiger partial charge is 0.255 e. The Morgan fingerprint density at radius 3 is 2.85 bits per heavy atom. The molecule has 1 amide bonds. The number of nitrogens with one attached hydrogen (secondary N) is 1. The Kier molecular flexibility index (Phi) is 5.55. The fraction of sp³-hybridized carbons (Fsp3) is 0.533. The normalized spacial score (nSPS) is 22.4. The van der Waals surface area contributed by atoms with Gasteiger partial charge in [-0.1, -0.05) is 24.4 Å². The van der Waals surface area contributed by atoms with Gasteiger partial charge in [-0.05, 0) is 37.0 Å². The molecule has 1 N–H and O–H groups in total. The molecule has 0 aliphatic heterocycles. The van der Waals surface area contributed by atoms with Crippen molar-refractivity contribution >= 4 is 29.1 Å². The molecule has 1 aromatic carbocycles. The molecule has 1 aliphatic rings. The molecule has 1 aliphatic carbocycles. The standard InChI is InChI=1S/C15H19Cl2NO2/c1-20-14-7-6-11(17)8-12(14)15(19)18-13-5-3-2-4-10(13)9-16/h6-8,10,13H,2-5,9H2,1H3,(H,18,19). The lowest BCUT2D eigenvalue weighted by Gasteiger charge is -2.31. The average molecular weight is 316 g/mol. The molecule has 0 spiro atoms. The first-order chi connectivity index (χ1) is 9.65. The van der Waals surface area contributed by atoms with Crippen molar-refractivity contribution in [3.8, 4) is 5.75 Å². The number of benzene rings is 1. The number of halogens is 2. The van der Waals surface area contributed by atoms with Gasteiger partial charge in [-0.25, -0.2) is 0 Å². The zero-order valence-corrected chi connectivity index (χ0v) is 13.0. The van der Waals surface area contributed by atoms with Crippen LogP contribution in [-0.2, 0) is 0 Å². The predicted octanol–water partition coefficient (Wildman–Crippen LogP) is 3.88. The first-order valence-corrected chi connectivity index (χ1v) is 7.77. The number of rotatable bonds is 4. The maximum atomic E-state index is 12.4. The van der Waals surface area contributed by atoms with Crippen LogP contribution in [0.3, 0.4) is 0 Å². The van der Waals surface area contributed by atoms with Crippen molar-refractivity contribution in [2.24, 2.45) is 5.92 Å². The Morgan fingerprint density at radius 2 is 2.15 bits per heavy atom. The summed E-state index contributed by atoms with van der Waals surface area (Å²) in [5.41, 5.74) is 0.471. The van der Waals surface area contributed by atoms with Gasteiger partial charge in [0.15, 0.2) is 0 Å². The van der Waals surface area contributed by atoms with Gasteiger partial charge in [-0.15, -0.1) is 11.6 Å². The number of hydrogen-bond acceptors (Lipinski definition) is 2. The minimum Gasteiger partial charge on any atom is -0.496 e. The van der Waals surface area contributed by atoms with Gasteiger partial charge in [0, 0.05) is 16.9 Å². The van der Waals surface area contributed by atoms with Gasteiger partial charge in [0.25, 0.3) is 5.91 Å². The van der Waals surface area contributed by atoms with Crippen LogP contribution in [0.25, 0.3) is 0 Å². The number of methoxy groups -OCH3 is 1. The van der Waals surface area contributed by atoms with Crippen LogP contribution in [0.1, 0.15) is 36.0 Å². The van der Waals surface area contributed by atoms with E-state index in [1.54, 1.807) is 25.3 Å². The molecular formula is C15H19Cl2NO2. The Balaban J connectivity index is 2.13. The summed E-state index contributed by atoms with van der Waals surface area (Å²) in [6.45, 7) is 0. The van der Waals surface area contributed by atoms with Crippen LogP contribution in [0, 0.1) is 5.92 Å². The van der Waals surface area contributed by atoms with Crippen molar-refractivity contribution < 1.29 is 9.53 Å². The topological polar surface area (TPSA) is 38.3 Å². The second kappa shape index (κ2) is 7.19. The second-order valence-electron chi connectivity index (χ2n) is 5.12. The molecule has 0 aromatic heterocycles. The van der Waals surface area contributed by atoms with Crippen LogP contribution in [0.15, 0.2) is 18.2 Å². The van der Waals surface area contributed by atoms with Crippen LogP contribution >= 0.6 is 23.2 Å². The molecule has 2 unspecified atom stereocenters. The highest BCUT2D eigenvalue weighted by molar-refractivity contribution is 6.31. The van der Waals surface area contributed by atoms with Crippen LogP contribution in [0.2, 0.25) is 5.02 Å². The molecule has 110 valence electrons. The van der Waals surface area contributed by atoms with Crippen molar-refractivity contribution in [3.05, 3.63) is 28.8 Å². The zero-order valence-electron chi connectivity index (χ0n) is 11.5. The fourth-order valence-corrected chi connectivity index (χ4v) is 3.23. The predicted molar refractivity (Wildman–Crippen MR) is 81.9 cm³/mol. The van der Waals surface area contributed by atoms with Gasteiger partial charge in [-0.3, -0.25) is 4.79 Å². The lowest BCUT2D eigenvalue weighted by Crippen LogP contribution is -2.42. The van der Waals surface area contributed by atoms with Gasteiger partial charge in [0.1, 0.15) is 5.75 Å². The van der Waals surface area contributed by atoms with Gasteiger partial charge >= 0.3 is 0 Å². The Bertz CT molecular complexity index is 479. The third-order valence-electron chi connectivity index (χ3n) is 3.83. The first kappa shape index (κ1) is 15.5. The molecule has 0 bridgehead atoms. The Hall–Kier alpha value is -0.930. The molecule has 1 aromatic rings. The average Bonchev–Trinajstić information content (AvgIpc) is 2.47. The minimum atomic E-state index is -0.147. The quantitative estimate of drug-likeness (QED) is 0.856. The highest BCUT2D eigenvalue weighted by Gasteiger charge is 2.26. The van der Waals surface area contributed by atoms with Crippen molar-refractivity contribution in [1.82, 2.24) is 5.32 Å². The van der Waals surface area contributed by atoms with E-state index in [1.807, 2.05) is 0 Å². The molecule has 0 heterocycles. The van der Waals surface area contributed by atoms with E-state index in [0.717, 1.165) is 19.3 Å². The molecule has 5 heteroatoms. The fourth-order valence-electron chi connectivity index (χ4n) is 2.69. The van der Waals surface area contributed by atoms with Crippen LogP contribution in [0.5, 0.6) is 5.75 Å². The molecule has 0 saturated heterocycles. The van der Waals surface area contributed by atoms with Gasteiger partial charge < -0.3 is 10.1 Å². The maximum absolute atomic E-state index is 12.4. The lowest BCUT2D eigenvalue weighted by atomic mass is 9.85. The van der Waals surface area contributed by atoms with E-state index in [9.17, 15) is 4.79 Å². The number of amides is 1. The number of hydrogen-bond donors (Lipinski definition) is 1. The molecule has 1 saturated carbocycles. The Labute approximate surface area is 129 Å². The van der Waals surface area contributed by atoms with Crippen LogP contribution in [-0.4, -0.2) is 24.9 Å². The largest absolute Gasteiger partial charge is 0.496 e. The highest BCUT2D eigenvalue weighted by Crippen LogP contribution is 2.27. The van der Waals surface area contributed by atoms with Gasteiger partial charge in [0.2, 0.25) is 0 Å². The van der Waals surface area contributed by atoms with E-state index >= 15 is 0 Å². The van der Waals surface area contributed by atoms with Crippen molar-refractivity contribution in [3.63, 3.8) is 0 Å². The second-order valence-corrected chi connectivity index (χ2v) is 5.87. The monoisotopic (exact) mass is 315 g/mol. The molecule has 2 rings (SSSR count). The summed E-state index contributed by atoms with van der Waals surface area (Å²) in [7, 11) is 1.54. The number of alkyl halides is 1. The van der Waals surface area contributed by atoms with E-state index in [0.29, 0.717) is 28.1 Å². The molecule has 1 fully saturated rings. The third kappa shape index (κ3) is 3.58.